The summed E-state index contributed by atoms with van der Waals surface area (Å²) in [5.41, 5.74) is 3.37. The highest BCUT2D eigenvalue weighted by Crippen LogP contribution is 2.22. The maximum Gasteiger partial charge on any atom is 0.406 e. The van der Waals surface area contributed by atoms with E-state index in [-0.39, 0.29) is 17.6 Å². The van der Waals surface area contributed by atoms with Crippen LogP contribution in [0.1, 0.15) is 38.7 Å². The number of amides is 3. The summed E-state index contributed by atoms with van der Waals surface area (Å²) in [5.74, 6) is 0.285. The van der Waals surface area contributed by atoms with E-state index in [2.05, 4.69) is 44.3 Å². The first-order valence-electron chi connectivity index (χ1n) is 13.0. The molecule has 2 N–H and O–H groups in total. The fourth-order valence-electron chi connectivity index (χ4n) is 4.59. The predicted molar refractivity (Wildman–Crippen MR) is 149 cm³/mol. The number of piperazine rings is 1. The molecule has 10 heteroatoms. The van der Waals surface area contributed by atoms with Gasteiger partial charge >= 0.3 is 6.09 Å². The van der Waals surface area contributed by atoms with Crippen molar-refractivity contribution in [2.24, 2.45) is 0 Å². The van der Waals surface area contributed by atoms with Crippen LogP contribution in [0.5, 0.6) is 0 Å². The van der Waals surface area contributed by atoms with Crippen molar-refractivity contribution in [3.63, 3.8) is 0 Å². The zero-order valence-electron chi connectivity index (χ0n) is 22.6. The van der Waals surface area contributed by atoms with Gasteiger partial charge in [0.2, 0.25) is 0 Å². The number of methoxy groups -OCH3 is 1. The number of furan rings is 1. The Hall–Kier alpha value is -4.31. The average molecular weight is 534 g/mol. The van der Waals surface area contributed by atoms with Crippen molar-refractivity contribution in [3.05, 3.63) is 83.3 Å². The van der Waals surface area contributed by atoms with Gasteiger partial charge < -0.3 is 24.7 Å². The SMILES string of the molecule is COC(=O)NCCCN(C(=O)c1cccc(NC(=O)c2ccc(C)o2)c1)N1CCN(c2ccccc2C)CC1. The molecule has 206 valence electrons. The maximum absolute atomic E-state index is 13.8. The van der Waals surface area contributed by atoms with Crippen LogP contribution in [0, 0.1) is 13.8 Å². The summed E-state index contributed by atoms with van der Waals surface area (Å²) in [6.07, 6.45) is 0.0440. The number of hydrazine groups is 1. The van der Waals surface area contributed by atoms with Crippen molar-refractivity contribution < 1.29 is 23.5 Å². The second kappa shape index (κ2) is 13.0. The topological polar surface area (TPSA) is 107 Å². The number of hydrogen-bond donors (Lipinski definition) is 2. The lowest BCUT2D eigenvalue weighted by Gasteiger charge is -2.42. The quantitative estimate of drug-likeness (QED) is 0.399. The molecule has 1 aliphatic heterocycles. The van der Waals surface area contributed by atoms with E-state index >= 15 is 0 Å². The van der Waals surface area contributed by atoms with Crippen LogP contribution in [0.2, 0.25) is 0 Å². The Balaban J connectivity index is 1.46. The number of benzene rings is 2. The highest BCUT2D eigenvalue weighted by molar-refractivity contribution is 6.03. The molecule has 0 aliphatic carbocycles. The van der Waals surface area contributed by atoms with E-state index in [1.807, 2.05) is 12.1 Å². The number of aryl methyl sites for hydroxylation is 2. The van der Waals surface area contributed by atoms with E-state index < -0.39 is 6.09 Å². The molecule has 0 unspecified atom stereocenters. The van der Waals surface area contributed by atoms with Crippen LogP contribution in [0.4, 0.5) is 16.2 Å². The lowest BCUT2D eigenvalue weighted by molar-refractivity contribution is -0.0142. The van der Waals surface area contributed by atoms with Gasteiger partial charge in [-0.05, 0) is 62.2 Å². The summed E-state index contributed by atoms with van der Waals surface area (Å²) in [4.78, 5) is 40.1. The fourth-order valence-corrected chi connectivity index (χ4v) is 4.59. The monoisotopic (exact) mass is 533 g/mol. The molecule has 0 atom stereocenters. The number of hydrogen-bond acceptors (Lipinski definition) is 7. The van der Waals surface area contributed by atoms with Gasteiger partial charge in [-0.1, -0.05) is 24.3 Å². The van der Waals surface area contributed by atoms with Gasteiger partial charge in [-0.3, -0.25) is 14.6 Å². The van der Waals surface area contributed by atoms with Gasteiger partial charge in [0.25, 0.3) is 11.8 Å². The minimum atomic E-state index is -0.505. The third-order valence-corrected chi connectivity index (χ3v) is 6.62. The molecule has 2 heterocycles. The molecule has 1 fully saturated rings. The minimum Gasteiger partial charge on any atom is -0.456 e. The third kappa shape index (κ3) is 7.17. The summed E-state index contributed by atoms with van der Waals surface area (Å²) in [6, 6.07) is 18.5. The van der Waals surface area contributed by atoms with E-state index in [0.717, 1.165) is 13.1 Å². The number of nitrogens with zero attached hydrogens (tertiary/aromatic N) is 3. The molecule has 3 aromatic rings. The van der Waals surface area contributed by atoms with Crippen molar-refractivity contribution in [2.45, 2.75) is 20.3 Å². The Morgan fingerprint density at radius 3 is 2.44 bits per heavy atom. The summed E-state index contributed by atoms with van der Waals surface area (Å²) in [6.45, 7) is 7.53. The Morgan fingerprint density at radius 1 is 0.974 bits per heavy atom. The summed E-state index contributed by atoms with van der Waals surface area (Å²) < 4.78 is 10.0. The molecule has 39 heavy (non-hydrogen) atoms. The number of para-hydroxylation sites is 1. The molecule has 0 radical (unpaired) electrons. The highest BCUT2D eigenvalue weighted by Gasteiger charge is 2.27. The van der Waals surface area contributed by atoms with Crippen molar-refractivity contribution in [1.29, 1.82) is 0 Å². The van der Waals surface area contributed by atoms with Crippen molar-refractivity contribution in [1.82, 2.24) is 15.3 Å². The predicted octanol–water partition coefficient (Wildman–Crippen LogP) is 4.07. The zero-order valence-corrected chi connectivity index (χ0v) is 22.6. The van der Waals surface area contributed by atoms with Crippen molar-refractivity contribution in [2.75, 3.05) is 56.6 Å². The van der Waals surface area contributed by atoms with Crippen LogP contribution in [-0.2, 0) is 4.74 Å². The molecule has 1 aromatic heterocycles. The molecular formula is C29H35N5O5. The van der Waals surface area contributed by atoms with Gasteiger partial charge in [0, 0.05) is 56.2 Å². The van der Waals surface area contributed by atoms with Crippen molar-refractivity contribution >= 4 is 29.3 Å². The van der Waals surface area contributed by atoms with E-state index in [9.17, 15) is 14.4 Å². The molecule has 2 aromatic carbocycles. The van der Waals surface area contributed by atoms with Gasteiger partial charge in [-0.15, -0.1) is 0 Å². The van der Waals surface area contributed by atoms with Crippen LogP contribution in [0.3, 0.4) is 0 Å². The van der Waals surface area contributed by atoms with Crippen molar-refractivity contribution in [3.8, 4) is 0 Å². The number of rotatable bonds is 9. The second-order valence-corrected chi connectivity index (χ2v) is 9.37. The largest absolute Gasteiger partial charge is 0.456 e. The molecule has 0 spiro atoms. The lowest BCUT2D eigenvalue weighted by atomic mass is 10.1. The van der Waals surface area contributed by atoms with Gasteiger partial charge in [0.05, 0.1) is 7.11 Å². The number of carbonyl (C=O) groups is 3. The summed E-state index contributed by atoms with van der Waals surface area (Å²) in [7, 11) is 1.32. The lowest BCUT2D eigenvalue weighted by Crippen LogP contribution is -2.56. The van der Waals surface area contributed by atoms with Gasteiger partial charge in [-0.25, -0.2) is 9.80 Å². The number of carbonyl (C=O) groups excluding carboxylic acids is 3. The molecule has 10 nitrogen and oxygen atoms in total. The van der Waals surface area contributed by atoms with Gasteiger partial charge in [0.1, 0.15) is 5.76 Å². The van der Waals surface area contributed by atoms with Crippen LogP contribution in [0.15, 0.2) is 65.1 Å². The Kier molecular flexibility index (Phi) is 9.22. The molecule has 3 amide bonds. The van der Waals surface area contributed by atoms with Crippen LogP contribution in [-0.4, -0.2) is 74.3 Å². The van der Waals surface area contributed by atoms with Gasteiger partial charge in [-0.2, -0.15) is 0 Å². The van der Waals surface area contributed by atoms with Crippen LogP contribution in [0.25, 0.3) is 0 Å². The first-order valence-corrected chi connectivity index (χ1v) is 13.0. The van der Waals surface area contributed by atoms with Crippen LogP contribution < -0.4 is 15.5 Å². The van der Waals surface area contributed by atoms with Gasteiger partial charge in [0.15, 0.2) is 5.76 Å². The highest BCUT2D eigenvalue weighted by atomic mass is 16.5. The molecule has 1 aliphatic rings. The Bertz CT molecular complexity index is 1300. The van der Waals surface area contributed by atoms with E-state index in [0.29, 0.717) is 49.6 Å². The van der Waals surface area contributed by atoms with E-state index in [1.54, 1.807) is 48.3 Å². The van der Waals surface area contributed by atoms with E-state index in [4.69, 9.17) is 4.42 Å². The summed E-state index contributed by atoms with van der Waals surface area (Å²) in [5, 5.41) is 9.27. The molecular weight excluding hydrogens is 498 g/mol. The van der Waals surface area contributed by atoms with E-state index in [1.165, 1.54) is 18.4 Å². The number of nitrogens with one attached hydrogen (secondary N) is 2. The standard InChI is InChI=1S/C29H35N5O5/c1-21-8-4-5-11-25(21)32-16-18-33(19-17-32)34(15-7-14-30-29(37)38-3)28(36)23-9-6-10-24(20-23)31-27(35)26-13-12-22(2)39-26/h4-6,8-13,20H,7,14-19H2,1-3H3,(H,30,37)(H,31,35). The third-order valence-electron chi connectivity index (χ3n) is 6.62. The number of anilines is 2. The molecule has 1 saturated heterocycles. The fraction of sp³-hybridized carbons (Fsp3) is 0.345. The molecule has 0 bridgehead atoms. The average Bonchev–Trinajstić information content (AvgIpc) is 3.39. The first-order chi connectivity index (χ1) is 18.9. The summed E-state index contributed by atoms with van der Waals surface area (Å²) >= 11 is 0. The number of ether oxygens (including phenoxy) is 1. The Morgan fingerprint density at radius 2 is 1.74 bits per heavy atom. The normalized spacial score (nSPS) is 13.6. The second-order valence-electron chi connectivity index (χ2n) is 9.37. The first kappa shape index (κ1) is 27.7. The van der Waals surface area contributed by atoms with Crippen LogP contribution >= 0.6 is 0 Å². The smallest absolute Gasteiger partial charge is 0.406 e. The molecule has 4 rings (SSSR count). The number of alkyl carbamates (subject to hydrolysis) is 1. The zero-order chi connectivity index (χ0) is 27.8. The minimum absolute atomic E-state index is 0.178. The Labute approximate surface area is 228 Å². The maximum atomic E-state index is 13.8. The molecule has 0 saturated carbocycles.